The highest BCUT2D eigenvalue weighted by Crippen LogP contribution is 2.45. The number of nitrogens with one attached hydrogen (secondary N) is 3. The molecule has 0 saturated carbocycles. The number of hydrogen-bond donors (Lipinski definition) is 4. The minimum absolute atomic E-state index is 0. The molecule has 580 valence electrons. The monoisotopic (exact) mass is 1700 g/mol. The molecule has 3 atom stereocenters. The molecule has 1 aliphatic heterocycles. The lowest BCUT2D eigenvalue weighted by Gasteiger charge is -2.27. The summed E-state index contributed by atoms with van der Waals surface area (Å²) in [6.07, 6.45) is 4.90. The molecule has 39 heteroatoms. The van der Waals surface area contributed by atoms with Crippen LogP contribution in [0.2, 0.25) is 40.7 Å². The number of carbonyl (C=O) groups is 4. The molecule has 0 spiro atoms. The zero-order valence-electron chi connectivity index (χ0n) is 63.0. The Labute approximate surface area is 687 Å². The van der Waals surface area contributed by atoms with Crippen molar-refractivity contribution in [3.8, 4) is 0 Å². The van der Waals surface area contributed by atoms with Gasteiger partial charge in [-0.1, -0.05) is 46.4 Å². The fraction of sp³-hybridized carbons (Fsp3) is 0.493. The molecule has 9 aromatic heterocycles. The average molecular weight is 1710 g/mol. The Morgan fingerprint density at radius 3 is 1.25 bits per heavy atom. The average Bonchev–Trinajstić information content (AvgIpc) is 1.64. The zero-order valence-corrected chi connectivity index (χ0v) is 73.9. The number of thiazole rings is 3. The Morgan fingerprint density at radius 2 is 0.868 bits per heavy atom. The quantitative estimate of drug-likeness (QED) is 0.0374. The van der Waals surface area contributed by atoms with Crippen molar-refractivity contribution in [2.75, 3.05) is 15.1 Å². The third-order valence-electron chi connectivity index (χ3n) is 13.6. The first-order chi connectivity index (χ1) is 48.0. The molecule has 1 aliphatic rings. The van der Waals surface area contributed by atoms with E-state index in [9.17, 15) is 19.2 Å². The number of carbonyl (C=O) groups excluding carboxylic acids is 4. The van der Waals surface area contributed by atoms with Crippen LogP contribution in [0.4, 0.5) is 36.2 Å². The van der Waals surface area contributed by atoms with Gasteiger partial charge in [0.1, 0.15) is 59.1 Å². The van der Waals surface area contributed by atoms with Crippen LogP contribution in [-0.2, 0) is 71.6 Å². The van der Waals surface area contributed by atoms with Crippen LogP contribution in [0.1, 0.15) is 145 Å². The second-order valence-corrected chi connectivity index (χ2v) is 35.9. The van der Waals surface area contributed by atoms with Gasteiger partial charge in [-0.3, -0.25) is 19.8 Å². The van der Waals surface area contributed by atoms with Crippen molar-refractivity contribution < 1.29 is 51.8 Å². The summed E-state index contributed by atoms with van der Waals surface area (Å²) in [7, 11) is -0.406. The molecule has 10 rings (SSSR count). The molecule has 106 heavy (non-hydrogen) atoms. The predicted molar refractivity (Wildman–Crippen MR) is 459 cm³/mol. The Bertz CT molecular complexity index is 4110. The van der Waals surface area contributed by atoms with Gasteiger partial charge in [0.05, 0.1) is 65.9 Å². The number of ether oxygens (including phenoxy) is 4. The first-order valence-electron chi connectivity index (χ1n) is 33.0. The Kier molecular flexibility index (Phi) is 36.3. The summed E-state index contributed by atoms with van der Waals surface area (Å²) in [5, 5.41) is 19.3. The molecule has 0 aliphatic carbocycles. The molecular weight excluding hydrogens is 1610 g/mol. The number of thiophene rings is 3. The van der Waals surface area contributed by atoms with Crippen molar-refractivity contribution in [3.63, 3.8) is 0 Å². The fourth-order valence-corrected chi connectivity index (χ4v) is 16.8. The van der Waals surface area contributed by atoms with E-state index in [1.807, 2.05) is 125 Å². The largest absolute Gasteiger partial charge is 0.453 e. The third-order valence-corrected chi connectivity index (χ3v) is 21.3. The molecule has 0 unspecified atom stereocenters. The molecule has 0 radical (unpaired) electrons. The first kappa shape index (κ1) is 93.7. The number of nitrogens with zero attached hydrogens (tertiary/aromatic N) is 8. The van der Waals surface area contributed by atoms with Crippen LogP contribution < -0.4 is 31.5 Å². The predicted octanol–water partition coefficient (Wildman–Crippen LogP) is 19.5. The lowest BCUT2D eigenvalue weighted by Crippen LogP contribution is -2.44. The Hall–Kier alpha value is -4.66. The molecule has 4 amide bonds. The molecule has 0 aromatic carbocycles. The van der Waals surface area contributed by atoms with Crippen LogP contribution in [-0.4, -0.2) is 116 Å². The number of aromatic nitrogens is 6. The summed E-state index contributed by atoms with van der Waals surface area (Å²) < 4.78 is 40.0. The smallest absolute Gasteiger partial charge is 0.426 e. The topological polar surface area (TPSA) is 279 Å². The number of alkyl carbamates (subject to hydrolysis) is 2. The molecule has 0 bridgehead atoms. The molecule has 23 nitrogen and oxygen atoms in total. The van der Waals surface area contributed by atoms with Gasteiger partial charge >= 0.3 is 45.7 Å². The Morgan fingerprint density at radius 1 is 0.519 bits per heavy atom. The van der Waals surface area contributed by atoms with Crippen LogP contribution in [0.15, 0.2) is 52.9 Å². The molecule has 5 N–H and O–H groups in total. The second kappa shape index (κ2) is 41.0. The lowest BCUT2D eigenvalue weighted by atomic mass is 9.74. The maximum atomic E-state index is 13.3. The minimum Gasteiger partial charge on any atom is -0.453 e. The number of amides is 4. The van der Waals surface area contributed by atoms with Crippen LogP contribution >= 0.6 is 155 Å². The van der Waals surface area contributed by atoms with Crippen LogP contribution in [0, 0.1) is 13.8 Å². The van der Waals surface area contributed by atoms with E-state index in [2.05, 4.69) is 51.9 Å². The zero-order chi connectivity index (χ0) is 76.2. The van der Waals surface area contributed by atoms with E-state index in [1.165, 1.54) is 50.2 Å². The van der Waals surface area contributed by atoms with E-state index in [0.29, 0.717) is 56.5 Å². The number of fused-ring (bicyclic) bond motifs is 3. The van der Waals surface area contributed by atoms with Crippen LogP contribution in [0.5, 0.6) is 0 Å². The van der Waals surface area contributed by atoms with E-state index in [0.717, 1.165) is 73.1 Å². The van der Waals surface area contributed by atoms with E-state index in [-0.39, 0.29) is 98.2 Å². The summed E-state index contributed by atoms with van der Waals surface area (Å²) in [6.45, 7) is 38.1. The normalized spacial score (nSPS) is 13.2. The van der Waals surface area contributed by atoms with Gasteiger partial charge in [-0.25, -0.2) is 39.1 Å². The summed E-state index contributed by atoms with van der Waals surface area (Å²) in [5.41, 5.74) is 9.23. The highest BCUT2D eigenvalue weighted by molar-refractivity contribution is 7.59. The van der Waals surface area contributed by atoms with Gasteiger partial charge in [0, 0.05) is 97.8 Å². The molecular formula is C67H95B3Cl4N12O11S9. The Balaban J connectivity index is 0.000000319. The summed E-state index contributed by atoms with van der Waals surface area (Å²) in [4.78, 5) is 83.5. The number of rotatable bonds is 17. The minimum atomic E-state index is -0.699. The highest BCUT2D eigenvalue weighted by Gasteiger charge is 2.34. The summed E-state index contributed by atoms with van der Waals surface area (Å²) >= 11 is 35.4. The lowest BCUT2D eigenvalue weighted by molar-refractivity contribution is 0.0496. The van der Waals surface area contributed by atoms with Crippen molar-refractivity contribution in [1.29, 1.82) is 0 Å². The number of aryl methyl sites for hydroxylation is 2. The summed E-state index contributed by atoms with van der Waals surface area (Å²) in [5.74, 6) is 0. The van der Waals surface area contributed by atoms with Gasteiger partial charge in [-0.15, -0.1) is 68.0 Å². The molecule has 10 heterocycles. The summed E-state index contributed by atoms with van der Waals surface area (Å²) in [6, 6.07) is 5.13. The van der Waals surface area contributed by atoms with Crippen LogP contribution in [0.3, 0.4) is 0 Å². The number of anilines is 3. The highest BCUT2D eigenvalue weighted by atomic mass is 35.5. The standard InChI is InChI=1S/C25H33ClN4O4S2.C24H30Cl2N4O4S2.C15H17ClN4S2.C3H9B3O3.3H2S/c1-14-11-16(30(13-18-27-9-10-35-18)23(32)34-25(6,7)8)21-20(28-14)19(26)17(36-21)12-15(2)29-22(31)33-24(3,4)5;1-13(28-21(31)33-23(2,3)4)10-15-18(26)19-20(36-15)14(11-16(25)29-19)30(12-17-27-8-9-35-17)22(32)34-24(5,6)7;1-8(17)5-11-13(16)14-15(22-11)10(6-9(2)20-14)19-7-12-18-3-4-21-12;1-4-7-5(2)9-6(3)8-4;;;/h9-11,15H,12-13H2,1-8H3,(H,29,31);8-9,11,13H,10,12H2,1-7H3,(H,28,31);3-4,6,8H,5,7,17H2,1-2H3,(H,19,20);1-3H3;3*1H2/t15-;13-;8-;;;;/m000..../s1. The van der Waals surface area contributed by atoms with Crippen molar-refractivity contribution >= 4 is 248 Å². The van der Waals surface area contributed by atoms with Crippen molar-refractivity contribution in [2.24, 2.45) is 5.73 Å². The van der Waals surface area contributed by atoms with E-state index >= 15 is 0 Å². The SMILES string of the molecule is CB1OB(C)OB(C)O1.C[C@@H](Cc1sc2c(N(Cc3nccs3)C(=O)OC(C)(C)C)cc(Cl)nc2c1Cl)NC(=O)OC(C)(C)C.Cc1cc(N(Cc2nccs2)C(=O)OC(C)(C)C)c2sc(C[C@H](C)NC(=O)OC(C)(C)C)c(Cl)c2n1.Cc1cc(NCc2nccs2)c2sc(C[C@H](C)N)c(Cl)c2n1.S.S.S. The van der Waals surface area contributed by atoms with Gasteiger partial charge in [-0.05, 0) is 157 Å². The maximum Gasteiger partial charge on any atom is 0.426 e. The fourth-order valence-electron chi connectivity index (χ4n) is 9.82. The molecule has 9 aromatic rings. The van der Waals surface area contributed by atoms with Gasteiger partial charge in [0.2, 0.25) is 0 Å². The number of hydrogen-bond acceptors (Lipinski definition) is 25. The van der Waals surface area contributed by atoms with Crippen LogP contribution in [0.25, 0.3) is 30.6 Å². The van der Waals surface area contributed by atoms with Crippen molar-refractivity contribution in [2.45, 2.75) is 218 Å². The second-order valence-electron chi connectivity index (χ2n) is 28.2. The van der Waals surface area contributed by atoms with E-state index in [1.54, 1.807) is 87.6 Å². The van der Waals surface area contributed by atoms with Crippen molar-refractivity contribution in [1.82, 2.24) is 40.5 Å². The van der Waals surface area contributed by atoms with Gasteiger partial charge in [0.25, 0.3) is 0 Å². The van der Waals surface area contributed by atoms with Gasteiger partial charge in [0.15, 0.2) is 0 Å². The maximum absolute atomic E-state index is 13.3. The van der Waals surface area contributed by atoms with Gasteiger partial charge < -0.3 is 54.3 Å². The van der Waals surface area contributed by atoms with Gasteiger partial charge in [-0.2, -0.15) is 40.5 Å². The van der Waals surface area contributed by atoms with E-state index < -0.39 is 46.8 Å². The third kappa shape index (κ3) is 29.2. The number of halogens is 4. The molecule has 1 saturated heterocycles. The number of pyridine rings is 3. The number of nitrogens with two attached hydrogens (primary N) is 1. The first-order valence-corrected chi connectivity index (χ1v) is 39.6. The van der Waals surface area contributed by atoms with Crippen molar-refractivity contribution in [3.05, 3.63) is 114 Å². The van der Waals surface area contributed by atoms with E-state index in [4.69, 9.17) is 84.8 Å². The molecule has 1 fully saturated rings.